The normalized spacial score (nSPS) is 26.9. The molecule has 7 heteroatoms. The lowest BCUT2D eigenvalue weighted by molar-refractivity contribution is 0.174. The number of ether oxygens (including phenoxy) is 2. The number of halogens is 1. The van der Waals surface area contributed by atoms with Gasteiger partial charge in [-0.05, 0) is 31.0 Å². The largest absolute Gasteiger partial charge is 0.454 e. The monoisotopic (exact) mass is 361 g/mol. The number of hydrogen-bond acceptors (Lipinski definition) is 5. The Morgan fingerprint density at radius 3 is 2.70 bits per heavy atom. The molecule has 20 heavy (non-hydrogen) atoms. The lowest BCUT2D eigenvalue weighted by Crippen LogP contribution is -2.42. The molecule has 0 aliphatic carbocycles. The lowest BCUT2D eigenvalue weighted by Gasteiger charge is -2.24. The molecule has 2 aliphatic rings. The highest BCUT2D eigenvalue weighted by Crippen LogP contribution is 2.37. The second-order valence-electron chi connectivity index (χ2n) is 5.55. The van der Waals surface area contributed by atoms with E-state index in [1.54, 1.807) is 0 Å². The molecule has 1 fully saturated rings. The number of rotatable bonds is 3. The van der Waals surface area contributed by atoms with E-state index >= 15 is 0 Å². The van der Waals surface area contributed by atoms with Crippen LogP contribution in [0.4, 0.5) is 0 Å². The molecule has 1 saturated heterocycles. The van der Waals surface area contributed by atoms with Crippen molar-refractivity contribution in [2.75, 3.05) is 18.3 Å². The van der Waals surface area contributed by atoms with Gasteiger partial charge in [0, 0.05) is 16.6 Å². The van der Waals surface area contributed by atoms with Crippen molar-refractivity contribution in [1.82, 2.24) is 5.32 Å². The second kappa shape index (κ2) is 4.89. The van der Waals surface area contributed by atoms with Crippen molar-refractivity contribution in [2.45, 2.75) is 25.4 Å². The first-order valence-corrected chi connectivity index (χ1v) is 9.02. The van der Waals surface area contributed by atoms with Crippen LogP contribution >= 0.6 is 15.9 Å². The SMILES string of the molecule is CC1(NCc2cc3c(cc2Br)OCO3)CCS(=O)(=O)C1. The van der Waals surface area contributed by atoms with Gasteiger partial charge in [0.25, 0.3) is 0 Å². The first-order chi connectivity index (χ1) is 9.37. The van der Waals surface area contributed by atoms with E-state index in [1.165, 1.54) is 0 Å². The van der Waals surface area contributed by atoms with E-state index < -0.39 is 9.84 Å². The summed E-state index contributed by atoms with van der Waals surface area (Å²) in [4.78, 5) is 0. The summed E-state index contributed by atoms with van der Waals surface area (Å²) in [7, 11) is -2.90. The predicted molar refractivity (Wildman–Crippen MR) is 78.8 cm³/mol. The molecule has 1 aromatic carbocycles. The highest BCUT2D eigenvalue weighted by Gasteiger charge is 2.37. The van der Waals surface area contributed by atoms with E-state index in [4.69, 9.17) is 9.47 Å². The molecular formula is C13H16BrNO4S. The molecule has 1 unspecified atom stereocenters. The summed E-state index contributed by atoms with van der Waals surface area (Å²) in [5.41, 5.74) is 0.675. The zero-order valence-corrected chi connectivity index (χ0v) is 13.5. The minimum Gasteiger partial charge on any atom is -0.454 e. The summed E-state index contributed by atoms with van der Waals surface area (Å²) in [5, 5.41) is 3.36. The van der Waals surface area contributed by atoms with Crippen LogP contribution in [0.3, 0.4) is 0 Å². The van der Waals surface area contributed by atoms with Gasteiger partial charge in [0.1, 0.15) is 0 Å². The van der Waals surface area contributed by atoms with Gasteiger partial charge < -0.3 is 14.8 Å². The Kier molecular flexibility index (Phi) is 3.46. The summed E-state index contributed by atoms with van der Waals surface area (Å²) in [6.07, 6.45) is 0.650. The highest BCUT2D eigenvalue weighted by atomic mass is 79.9. The van der Waals surface area contributed by atoms with E-state index in [-0.39, 0.29) is 23.8 Å². The molecule has 0 spiro atoms. The highest BCUT2D eigenvalue weighted by molar-refractivity contribution is 9.10. The van der Waals surface area contributed by atoms with Crippen LogP contribution in [0.5, 0.6) is 11.5 Å². The summed E-state index contributed by atoms with van der Waals surface area (Å²) >= 11 is 3.51. The van der Waals surface area contributed by atoms with Gasteiger partial charge in [0.05, 0.1) is 11.5 Å². The fourth-order valence-electron chi connectivity index (χ4n) is 2.55. The molecule has 1 aromatic rings. The molecule has 1 atom stereocenters. The Morgan fingerprint density at radius 1 is 1.35 bits per heavy atom. The Hall–Kier alpha value is -0.790. The van der Waals surface area contributed by atoms with Gasteiger partial charge in [-0.25, -0.2) is 8.42 Å². The quantitative estimate of drug-likeness (QED) is 0.889. The summed E-state index contributed by atoms with van der Waals surface area (Å²) in [6, 6.07) is 3.80. The molecule has 0 aromatic heterocycles. The average molecular weight is 362 g/mol. The Morgan fingerprint density at radius 2 is 2.05 bits per heavy atom. The van der Waals surface area contributed by atoms with Gasteiger partial charge in [-0.15, -0.1) is 0 Å². The first kappa shape index (κ1) is 14.2. The number of hydrogen-bond donors (Lipinski definition) is 1. The van der Waals surface area contributed by atoms with Gasteiger partial charge in [-0.1, -0.05) is 15.9 Å². The molecule has 0 bridgehead atoms. The topological polar surface area (TPSA) is 64.6 Å². The van der Waals surface area contributed by atoms with Crippen LogP contribution < -0.4 is 14.8 Å². The molecule has 0 amide bonds. The van der Waals surface area contributed by atoms with Crippen LogP contribution in [0, 0.1) is 0 Å². The molecule has 0 saturated carbocycles. The van der Waals surface area contributed by atoms with Crippen LogP contribution in [0.25, 0.3) is 0 Å². The van der Waals surface area contributed by atoms with E-state index in [0.29, 0.717) is 13.0 Å². The van der Waals surface area contributed by atoms with E-state index in [1.807, 2.05) is 19.1 Å². The third kappa shape index (κ3) is 2.80. The average Bonchev–Trinajstić information content (AvgIpc) is 2.91. The lowest BCUT2D eigenvalue weighted by atomic mass is 10.0. The zero-order valence-electron chi connectivity index (χ0n) is 11.1. The fraction of sp³-hybridized carbons (Fsp3) is 0.538. The molecule has 2 aliphatic heterocycles. The van der Waals surface area contributed by atoms with Gasteiger partial charge in [0.2, 0.25) is 6.79 Å². The maximum Gasteiger partial charge on any atom is 0.231 e. The molecule has 0 radical (unpaired) electrons. The van der Waals surface area contributed by atoms with E-state index in [9.17, 15) is 8.42 Å². The molecular weight excluding hydrogens is 346 g/mol. The number of benzene rings is 1. The van der Waals surface area contributed by atoms with Crippen LogP contribution in [0.1, 0.15) is 18.9 Å². The summed E-state index contributed by atoms with van der Waals surface area (Å²) in [6.45, 7) is 2.79. The van der Waals surface area contributed by atoms with Crippen LogP contribution in [0.2, 0.25) is 0 Å². The summed E-state index contributed by atoms with van der Waals surface area (Å²) in [5.74, 6) is 1.92. The smallest absolute Gasteiger partial charge is 0.231 e. The first-order valence-electron chi connectivity index (χ1n) is 6.40. The van der Waals surface area contributed by atoms with Crippen molar-refractivity contribution in [2.24, 2.45) is 0 Å². The van der Waals surface area contributed by atoms with Crippen molar-refractivity contribution in [3.8, 4) is 11.5 Å². The maximum absolute atomic E-state index is 11.6. The minimum atomic E-state index is -2.90. The Labute approximate surface area is 126 Å². The van der Waals surface area contributed by atoms with Gasteiger partial charge in [-0.2, -0.15) is 0 Å². The number of nitrogens with one attached hydrogen (secondary N) is 1. The van der Waals surface area contributed by atoms with Crippen molar-refractivity contribution in [3.05, 3.63) is 22.2 Å². The fourth-order valence-corrected chi connectivity index (χ4v) is 5.14. The molecule has 2 heterocycles. The van der Waals surface area contributed by atoms with Crippen molar-refractivity contribution >= 4 is 25.8 Å². The van der Waals surface area contributed by atoms with Gasteiger partial charge in [-0.3, -0.25) is 0 Å². The van der Waals surface area contributed by atoms with Crippen LogP contribution in [-0.4, -0.2) is 32.3 Å². The molecule has 110 valence electrons. The third-order valence-electron chi connectivity index (χ3n) is 3.75. The third-order valence-corrected chi connectivity index (χ3v) is 6.39. The predicted octanol–water partition coefficient (Wildman–Crippen LogP) is 1.84. The Bertz CT molecular complexity index is 646. The summed E-state index contributed by atoms with van der Waals surface area (Å²) < 4.78 is 34.8. The molecule has 3 rings (SSSR count). The van der Waals surface area contributed by atoms with E-state index in [2.05, 4.69) is 21.2 Å². The van der Waals surface area contributed by atoms with Crippen molar-refractivity contribution in [3.63, 3.8) is 0 Å². The standard InChI is InChI=1S/C13H16BrNO4S/c1-13(2-3-20(16,17)7-13)15-6-9-4-11-12(5-10(9)14)19-8-18-11/h4-5,15H,2-3,6-8H2,1H3. The van der Waals surface area contributed by atoms with Gasteiger partial charge in [0.15, 0.2) is 21.3 Å². The zero-order chi connectivity index (χ0) is 14.4. The van der Waals surface area contributed by atoms with Crippen molar-refractivity contribution < 1.29 is 17.9 Å². The van der Waals surface area contributed by atoms with Crippen molar-refractivity contribution in [1.29, 1.82) is 0 Å². The van der Waals surface area contributed by atoms with E-state index in [0.717, 1.165) is 21.5 Å². The van der Waals surface area contributed by atoms with Crippen LogP contribution in [0.15, 0.2) is 16.6 Å². The molecule has 1 N–H and O–H groups in total. The molecule has 5 nitrogen and oxygen atoms in total. The van der Waals surface area contributed by atoms with Crippen LogP contribution in [-0.2, 0) is 16.4 Å². The number of fused-ring (bicyclic) bond motifs is 1. The number of sulfone groups is 1. The minimum absolute atomic E-state index is 0.197. The second-order valence-corrected chi connectivity index (χ2v) is 8.59. The Balaban J connectivity index is 1.73. The maximum atomic E-state index is 11.6. The van der Waals surface area contributed by atoms with Gasteiger partial charge >= 0.3 is 0 Å².